The number of allylic oxidation sites excluding steroid dienone is 1. The molecule has 1 aliphatic rings. The topological polar surface area (TPSA) is 17.1 Å². The van der Waals surface area contributed by atoms with Gasteiger partial charge in [-0.1, -0.05) is 48.0 Å². The molecule has 1 nitrogen and oxygen atoms in total. The van der Waals surface area contributed by atoms with Crippen LogP contribution < -0.4 is 0 Å². The summed E-state index contributed by atoms with van der Waals surface area (Å²) in [5, 5.41) is 0. The van der Waals surface area contributed by atoms with E-state index in [-0.39, 0.29) is 5.78 Å². The maximum atomic E-state index is 12.3. The molecule has 0 heterocycles. The molecule has 2 aromatic carbocycles. The molecular formula is C17H14O. The highest BCUT2D eigenvalue weighted by Gasteiger charge is 2.24. The average molecular weight is 234 g/mol. The molecule has 0 spiro atoms. The molecule has 88 valence electrons. The zero-order valence-corrected chi connectivity index (χ0v) is 10.3. The van der Waals surface area contributed by atoms with Gasteiger partial charge >= 0.3 is 0 Å². The number of benzene rings is 2. The first-order valence-electron chi connectivity index (χ1n) is 6.14. The molecule has 0 N–H and O–H groups in total. The van der Waals surface area contributed by atoms with Crippen molar-refractivity contribution in [1.82, 2.24) is 0 Å². The predicted octanol–water partition coefficient (Wildman–Crippen LogP) is 3.82. The molecule has 0 radical (unpaired) electrons. The standard InChI is InChI=1S/C17H14O/c1-12-7-8-14-11-15(17(18)16(14)9-12)10-13-5-3-2-4-6-13/h2-10H,11H2,1H3/b15-10+. The van der Waals surface area contributed by atoms with E-state index < -0.39 is 0 Å². The minimum atomic E-state index is 0.178. The van der Waals surface area contributed by atoms with E-state index in [1.54, 1.807) is 0 Å². The number of carbonyl (C=O) groups is 1. The Labute approximate surface area is 107 Å². The van der Waals surface area contributed by atoms with Crippen molar-refractivity contribution in [3.63, 3.8) is 0 Å². The van der Waals surface area contributed by atoms with Gasteiger partial charge in [0.05, 0.1) is 0 Å². The highest BCUT2D eigenvalue weighted by atomic mass is 16.1. The van der Waals surface area contributed by atoms with Gasteiger partial charge in [0.1, 0.15) is 0 Å². The number of aryl methyl sites for hydroxylation is 1. The largest absolute Gasteiger partial charge is 0.289 e. The SMILES string of the molecule is Cc1ccc2c(c1)C(=O)/C(=C/c1ccccc1)C2. The summed E-state index contributed by atoms with van der Waals surface area (Å²) in [4.78, 5) is 12.3. The molecular weight excluding hydrogens is 220 g/mol. The second-order valence-corrected chi connectivity index (χ2v) is 4.75. The Morgan fingerprint density at radius 1 is 1.06 bits per heavy atom. The lowest BCUT2D eigenvalue weighted by Gasteiger charge is -1.97. The van der Waals surface area contributed by atoms with Gasteiger partial charge in [0, 0.05) is 17.6 Å². The number of Topliss-reactive ketones (excluding diaryl/α,β-unsaturated/α-hetero) is 1. The van der Waals surface area contributed by atoms with E-state index in [0.717, 1.165) is 34.2 Å². The molecule has 1 heteroatoms. The van der Waals surface area contributed by atoms with Crippen molar-refractivity contribution in [2.24, 2.45) is 0 Å². The molecule has 0 aromatic heterocycles. The second kappa shape index (κ2) is 4.26. The number of fused-ring (bicyclic) bond motifs is 1. The Morgan fingerprint density at radius 2 is 1.83 bits per heavy atom. The molecule has 2 aromatic rings. The van der Waals surface area contributed by atoms with Gasteiger partial charge in [-0.3, -0.25) is 4.79 Å². The number of carbonyl (C=O) groups excluding carboxylic acids is 1. The van der Waals surface area contributed by atoms with Crippen LogP contribution in [0, 0.1) is 6.92 Å². The van der Waals surface area contributed by atoms with E-state index in [2.05, 4.69) is 12.1 Å². The van der Waals surface area contributed by atoms with Gasteiger partial charge in [-0.15, -0.1) is 0 Å². The molecule has 1 aliphatic carbocycles. The van der Waals surface area contributed by atoms with Gasteiger partial charge in [-0.05, 0) is 30.2 Å². The fraction of sp³-hybridized carbons (Fsp3) is 0.118. The lowest BCUT2D eigenvalue weighted by atomic mass is 10.1. The minimum Gasteiger partial charge on any atom is -0.289 e. The molecule has 0 unspecified atom stereocenters. The van der Waals surface area contributed by atoms with Gasteiger partial charge in [-0.25, -0.2) is 0 Å². The van der Waals surface area contributed by atoms with Gasteiger partial charge in [-0.2, -0.15) is 0 Å². The summed E-state index contributed by atoms with van der Waals surface area (Å²) < 4.78 is 0. The Morgan fingerprint density at radius 3 is 2.61 bits per heavy atom. The molecule has 0 saturated heterocycles. The molecule has 0 aliphatic heterocycles. The molecule has 0 atom stereocenters. The minimum absolute atomic E-state index is 0.178. The Hall–Kier alpha value is -2.15. The third-order valence-electron chi connectivity index (χ3n) is 3.32. The third-order valence-corrected chi connectivity index (χ3v) is 3.32. The molecule has 18 heavy (non-hydrogen) atoms. The third kappa shape index (κ3) is 1.88. The van der Waals surface area contributed by atoms with Crippen LogP contribution in [-0.4, -0.2) is 5.78 Å². The van der Waals surface area contributed by atoms with Crippen LogP contribution in [0.15, 0.2) is 54.1 Å². The summed E-state index contributed by atoms with van der Waals surface area (Å²) in [6, 6.07) is 16.1. The van der Waals surface area contributed by atoms with E-state index in [4.69, 9.17) is 0 Å². The van der Waals surface area contributed by atoms with Crippen molar-refractivity contribution < 1.29 is 4.79 Å². The van der Waals surface area contributed by atoms with Crippen molar-refractivity contribution in [2.75, 3.05) is 0 Å². The first-order valence-corrected chi connectivity index (χ1v) is 6.14. The van der Waals surface area contributed by atoms with Crippen LogP contribution in [0.3, 0.4) is 0 Å². The molecule has 0 bridgehead atoms. The van der Waals surface area contributed by atoms with Crippen LogP contribution in [0.5, 0.6) is 0 Å². The van der Waals surface area contributed by atoms with Crippen molar-refractivity contribution >= 4 is 11.9 Å². The van der Waals surface area contributed by atoms with Gasteiger partial charge in [0.2, 0.25) is 0 Å². The van der Waals surface area contributed by atoms with Crippen molar-refractivity contribution in [3.8, 4) is 0 Å². The Bertz CT molecular complexity index is 636. The second-order valence-electron chi connectivity index (χ2n) is 4.75. The summed E-state index contributed by atoms with van der Waals surface area (Å²) in [6.45, 7) is 2.02. The molecule has 3 rings (SSSR count). The van der Waals surface area contributed by atoms with E-state index in [0.29, 0.717) is 0 Å². The van der Waals surface area contributed by atoms with Crippen LogP contribution in [0.2, 0.25) is 0 Å². The monoisotopic (exact) mass is 234 g/mol. The molecule has 0 saturated carbocycles. The van der Waals surface area contributed by atoms with Crippen LogP contribution in [0.25, 0.3) is 6.08 Å². The quantitative estimate of drug-likeness (QED) is 0.685. The van der Waals surface area contributed by atoms with Crippen LogP contribution in [-0.2, 0) is 6.42 Å². The smallest absolute Gasteiger partial charge is 0.189 e. The van der Waals surface area contributed by atoms with E-state index in [9.17, 15) is 4.79 Å². The zero-order chi connectivity index (χ0) is 12.5. The molecule has 0 amide bonds. The van der Waals surface area contributed by atoms with Gasteiger partial charge < -0.3 is 0 Å². The van der Waals surface area contributed by atoms with Crippen molar-refractivity contribution in [2.45, 2.75) is 13.3 Å². The summed E-state index contributed by atoms with van der Waals surface area (Å²) in [5.41, 5.74) is 5.14. The van der Waals surface area contributed by atoms with E-state index in [1.807, 2.05) is 49.4 Å². The maximum absolute atomic E-state index is 12.3. The number of rotatable bonds is 1. The van der Waals surface area contributed by atoms with E-state index >= 15 is 0 Å². The first kappa shape index (κ1) is 11.0. The number of ketones is 1. The highest BCUT2D eigenvalue weighted by Crippen LogP contribution is 2.28. The zero-order valence-electron chi connectivity index (χ0n) is 10.3. The van der Waals surface area contributed by atoms with Crippen molar-refractivity contribution in [3.05, 3.63) is 76.4 Å². The molecule has 0 fully saturated rings. The summed E-state index contributed by atoms with van der Waals surface area (Å²) in [5.74, 6) is 0.178. The van der Waals surface area contributed by atoms with Gasteiger partial charge in [0.15, 0.2) is 5.78 Å². The van der Waals surface area contributed by atoms with Crippen LogP contribution in [0.1, 0.15) is 27.0 Å². The fourth-order valence-electron chi connectivity index (χ4n) is 2.38. The van der Waals surface area contributed by atoms with Crippen molar-refractivity contribution in [1.29, 1.82) is 0 Å². The Kier molecular flexibility index (Phi) is 2.60. The van der Waals surface area contributed by atoms with E-state index in [1.165, 1.54) is 0 Å². The van der Waals surface area contributed by atoms with Crippen LogP contribution in [0.4, 0.5) is 0 Å². The first-order chi connectivity index (χ1) is 8.74. The summed E-state index contributed by atoms with van der Waals surface area (Å²) >= 11 is 0. The predicted molar refractivity (Wildman–Crippen MR) is 73.6 cm³/mol. The van der Waals surface area contributed by atoms with Crippen LogP contribution >= 0.6 is 0 Å². The normalized spacial score (nSPS) is 16.1. The number of hydrogen-bond acceptors (Lipinski definition) is 1. The lowest BCUT2D eigenvalue weighted by Crippen LogP contribution is -1.95. The summed E-state index contributed by atoms with van der Waals surface area (Å²) in [6.07, 6.45) is 2.75. The highest BCUT2D eigenvalue weighted by molar-refractivity contribution is 6.15. The summed E-state index contributed by atoms with van der Waals surface area (Å²) in [7, 11) is 0. The maximum Gasteiger partial charge on any atom is 0.189 e. The Balaban J connectivity index is 2.00. The number of hydrogen-bond donors (Lipinski definition) is 0. The van der Waals surface area contributed by atoms with Gasteiger partial charge in [0.25, 0.3) is 0 Å². The lowest BCUT2D eigenvalue weighted by molar-refractivity contribution is 0.104. The fourth-order valence-corrected chi connectivity index (χ4v) is 2.38. The average Bonchev–Trinajstić information content (AvgIpc) is 2.68.